The minimum absolute atomic E-state index is 0.00612. The summed E-state index contributed by atoms with van der Waals surface area (Å²) in [5, 5.41) is 14.0. The van der Waals surface area contributed by atoms with Crippen LogP contribution < -0.4 is 5.32 Å². The lowest BCUT2D eigenvalue weighted by Crippen LogP contribution is -2.42. The van der Waals surface area contributed by atoms with Crippen molar-refractivity contribution in [1.82, 2.24) is 20.3 Å². The highest BCUT2D eigenvalue weighted by atomic mass is 35.5. The molecular formula is C24H31ClN4. The third-order valence-electron chi connectivity index (χ3n) is 4.72. The monoisotopic (exact) mass is 410 g/mol. The number of nitrogens with zero attached hydrogens (tertiary/aromatic N) is 3. The van der Waals surface area contributed by atoms with Gasteiger partial charge in [-0.1, -0.05) is 74.8 Å². The summed E-state index contributed by atoms with van der Waals surface area (Å²) in [5.41, 5.74) is 4.36. The van der Waals surface area contributed by atoms with Crippen molar-refractivity contribution in [3.8, 4) is 11.3 Å². The summed E-state index contributed by atoms with van der Waals surface area (Å²) in [5.74, 6) is 0. The van der Waals surface area contributed by atoms with Crippen molar-refractivity contribution < 1.29 is 0 Å². The van der Waals surface area contributed by atoms with Crippen LogP contribution in [0.1, 0.15) is 52.3 Å². The number of halogens is 1. The molecule has 0 saturated carbocycles. The average Bonchev–Trinajstić information content (AvgIpc) is 3.04. The Kier molecular flexibility index (Phi) is 6.45. The first kappa shape index (κ1) is 21.5. The molecule has 0 aliphatic rings. The van der Waals surface area contributed by atoms with Gasteiger partial charge in [-0.3, -0.25) is 0 Å². The van der Waals surface area contributed by atoms with E-state index >= 15 is 0 Å². The highest BCUT2D eigenvalue weighted by molar-refractivity contribution is 6.30. The fraction of sp³-hybridized carbons (Fsp3) is 0.417. The van der Waals surface area contributed by atoms with Gasteiger partial charge in [-0.25, -0.2) is 0 Å². The van der Waals surface area contributed by atoms with Crippen LogP contribution in [0.4, 0.5) is 0 Å². The maximum atomic E-state index is 6.01. The van der Waals surface area contributed by atoms with E-state index in [1.165, 1.54) is 0 Å². The van der Waals surface area contributed by atoms with E-state index in [0.717, 1.165) is 34.0 Å². The molecule has 0 bridgehead atoms. The van der Waals surface area contributed by atoms with Gasteiger partial charge in [-0.2, -0.15) is 15.0 Å². The molecule has 0 spiro atoms. The second kappa shape index (κ2) is 8.68. The second-order valence-electron chi connectivity index (χ2n) is 9.49. The van der Waals surface area contributed by atoms with Gasteiger partial charge in [-0.15, -0.1) is 0 Å². The van der Waals surface area contributed by atoms with Crippen molar-refractivity contribution in [3.63, 3.8) is 0 Å². The molecule has 1 heterocycles. The van der Waals surface area contributed by atoms with Crippen molar-refractivity contribution in [2.45, 2.75) is 59.7 Å². The lowest BCUT2D eigenvalue weighted by molar-refractivity contribution is 0.240. The predicted octanol–water partition coefficient (Wildman–Crippen LogP) is 5.95. The predicted molar refractivity (Wildman–Crippen MR) is 121 cm³/mol. The van der Waals surface area contributed by atoms with Crippen molar-refractivity contribution in [2.75, 3.05) is 0 Å². The third-order valence-corrected chi connectivity index (χ3v) is 4.97. The molecule has 3 rings (SSSR count). The normalized spacial score (nSPS) is 12.3. The van der Waals surface area contributed by atoms with E-state index in [1.54, 1.807) is 4.80 Å². The SMILES string of the molecule is CC(C)(C)CC(C)(C)NCc1nn(Cc2ccc(Cl)cc2)nc1-c1ccccc1. The van der Waals surface area contributed by atoms with Crippen LogP contribution in [0.15, 0.2) is 54.6 Å². The Morgan fingerprint density at radius 2 is 1.55 bits per heavy atom. The molecule has 0 fully saturated rings. The van der Waals surface area contributed by atoms with Gasteiger partial charge in [0.1, 0.15) is 11.4 Å². The first-order valence-corrected chi connectivity index (χ1v) is 10.5. The van der Waals surface area contributed by atoms with E-state index in [0.29, 0.717) is 13.1 Å². The zero-order valence-corrected chi connectivity index (χ0v) is 18.8. The fourth-order valence-corrected chi connectivity index (χ4v) is 3.98. The zero-order chi connectivity index (χ0) is 21.1. The van der Waals surface area contributed by atoms with E-state index in [9.17, 15) is 0 Å². The van der Waals surface area contributed by atoms with Gasteiger partial charge in [0.25, 0.3) is 0 Å². The summed E-state index contributed by atoms with van der Waals surface area (Å²) in [4.78, 5) is 1.78. The summed E-state index contributed by atoms with van der Waals surface area (Å²) in [6.45, 7) is 12.6. The number of aromatic nitrogens is 3. The van der Waals surface area contributed by atoms with Gasteiger partial charge < -0.3 is 5.32 Å². The summed E-state index contributed by atoms with van der Waals surface area (Å²) in [6.07, 6.45) is 1.07. The van der Waals surface area contributed by atoms with Crippen LogP contribution in [0, 0.1) is 5.41 Å². The standard InChI is InChI=1S/C24H31ClN4/c1-23(2,3)17-24(4,5)26-15-21-22(19-9-7-6-8-10-19)28-29(27-21)16-18-11-13-20(25)14-12-18/h6-14,26H,15-17H2,1-5H3. The van der Waals surface area contributed by atoms with Gasteiger partial charge in [-0.05, 0) is 43.4 Å². The van der Waals surface area contributed by atoms with Crippen molar-refractivity contribution in [3.05, 3.63) is 70.9 Å². The van der Waals surface area contributed by atoms with Gasteiger partial charge in [0.05, 0.1) is 6.54 Å². The minimum Gasteiger partial charge on any atom is -0.306 e. The van der Waals surface area contributed by atoms with Crippen LogP contribution in [-0.4, -0.2) is 20.5 Å². The Bertz CT molecular complexity index is 922. The molecule has 2 aromatic carbocycles. The van der Waals surface area contributed by atoms with Crippen molar-refractivity contribution in [2.24, 2.45) is 5.41 Å². The van der Waals surface area contributed by atoms with Crippen LogP contribution in [0.3, 0.4) is 0 Å². The number of nitrogens with one attached hydrogen (secondary N) is 1. The molecule has 0 amide bonds. The van der Waals surface area contributed by atoms with E-state index in [1.807, 2.05) is 42.5 Å². The van der Waals surface area contributed by atoms with Gasteiger partial charge in [0.15, 0.2) is 0 Å². The Morgan fingerprint density at radius 3 is 2.17 bits per heavy atom. The first-order valence-electron chi connectivity index (χ1n) is 10.1. The molecule has 5 heteroatoms. The molecule has 3 aromatic rings. The summed E-state index contributed by atoms with van der Waals surface area (Å²) in [6, 6.07) is 18.1. The zero-order valence-electron chi connectivity index (χ0n) is 18.0. The molecule has 0 aliphatic heterocycles. The van der Waals surface area contributed by atoms with Crippen LogP contribution >= 0.6 is 11.6 Å². The molecule has 154 valence electrons. The van der Waals surface area contributed by atoms with Crippen molar-refractivity contribution in [1.29, 1.82) is 0 Å². The summed E-state index contributed by atoms with van der Waals surface area (Å²) in [7, 11) is 0. The quantitative estimate of drug-likeness (QED) is 0.523. The Balaban J connectivity index is 1.84. The highest BCUT2D eigenvalue weighted by Crippen LogP contribution is 2.28. The maximum Gasteiger partial charge on any atom is 0.117 e. The average molecular weight is 411 g/mol. The van der Waals surface area contributed by atoms with Crippen LogP contribution in [0.5, 0.6) is 0 Å². The van der Waals surface area contributed by atoms with Crippen LogP contribution in [0.25, 0.3) is 11.3 Å². The molecule has 29 heavy (non-hydrogen) atoms. The number of rotatable bonds is 7. The van der Waals surface area contributed by atoms with E-state index in [-0.39, 0.29) is 11.0 Å². The Morgan fingerprint density at radius 1 is 0.897 bits per heavy atom. The second-order valence-corrected chi connectivity index (χ2v) is 9.93. The lowest BCUT2D eigenvalue weighted by atomic mass is 9.82. The molecule has 0 unspecified atom stereocenters. The van der Waals surface area contributed by atoms with Gasteiger partial charge >= 0.3 is 0 Å². The molecule has 1 aromatic heterocycles. The van der Waals surface area contributed by atoms with Crippen molar-refractivity contribution >= 4 is 11.6 Å². The third kappa shape index (κ3) is 6.41. The molecule has 0 saturated heterocycles. The van der Waals surface area contributed by atoms with Crippen LogP contribution in [0.2, 0.25) is 5.02 Å². The van der Waals surface area contributed by atoms with E-state index in [2.05, 4.69) is 52.1 Å². The topological polar surface area (TPSA) is 42.7 Å². The molecule has 0 aliphatic carbocycles. The fourth-order valence-electron chi connectivity index (χ4n) is 3.86. The maximum absolute atomic E-state index is 6.01. The number of benzene rings is 2. The molecular weight excluding hydrogens is 380 g/mol. The highest BCUT2D eigenvalue weighted by Gasteiger charge is 2.26. The smallest absolute Gasteiger partial charge is 0.117 e. The largest absolute Gasteiger partial charge is 0.306 e. The van der Waals surface area contributed by atoms with Gasteiger partial charge in [0.2, 0.25) is 0 Å². The number of hydrogen-bond acceptors (Lipinski definition) is 3. The molecule has 1 N–H and O–H groups in total. The first-order chi connectivity index (χ1) is 13.6. The van der Waals surface area contributed by atoms with Crippen LogP contribution in [-0.2, 0) is 13.1 Å². The lowest BCUT2D eigenvalue weighted by Gasteiger charge is -2.33. The molecule has 4 nitrogen and oxygen atoms in total. The Labute approximate surface area is 179 Å². The van der Waals surface area contributed by atoms with Gasteiger partial charge in [0, 0.05) is 22.7 Å². The minimum atomic E-state index is 0.00612. The molecule has 0 atom stereocenters. The summed E-state index contributed by atoms with van der Waals surface area (Å²) >= 11 is 6.01. The summed E-state index contributed by atoms with van der Waals surface area (Å²) < 4.78 is 0. The number of hydrogen-bond donors (Lipinski definition) is 1. The molecule has 0 radical (unpaired) electrons. The van der Waals surface area contributed by atoms with E-state index < -0.39 is 0 Å². The Hall–Kier alpha value is -2.17. The van der Waals surface area contributed by atoms with E-state index in [4.69, 9.17) is 21.8 Å².